The van der Waals surface area contributed by atoms with E-state index in [1.165, 1.54) is 6.07 Å². The van der Waals surface area contributed by atoms with Gasteiger partial charge in [-0.3, -0.25) is 9.59 Å². The monoisotopic (exact) mass is 432 g/mol. The van der Waals surface area contributed by atoms with Crippen molar-refractivity contribution in [3.05, 3.63) is 59.3 Å². The van der Waals surface area contributed by atoms with Gasteiger partial charge in [-0.25, -0.2) is 13.8 Å². The summed E-state index contributed by atoms with van der Waals surface area (Å²) in [4.78, 5) is 31.6. The van der Waals surface area contributed by atoms with Crippen LogP contribution in [0.5, 0.6) is 0 Å². The molecule has 1 aliphatic rings. The molecule has 1 saturated heterocycles. The van der Waals surface area contributed by atoms with Gasteiger partial charge in [0.25, 0.3) is 5.91 Å². The third kappa shape index (κ3) is 5.75. The van der Waals surface area contributed by atoms with E-state index < -0.39 is 35.1 Å². The Hall–Kier alpha value is -3.07. The largest absolute Gasteiger partial charge is 0.378 e. The van der Waals surface area contributed by atoms with E-state index in [0.717, 1.165) is 36.6 Å². The number of halogens is 2. The predicted octanol–water partition coefficient (Wildman–Crippen LogP) is 2.27. The van der Waals surface area contributed by atoms with E-state index in [2.05, 4.69) is 20.5 Å². The van der Waals surface area contributed by atoms with Gasteiger partial charge in [0.15, 0.2) is 0 Å². The maximum Gasteiger partial charge on any atom is 0.257 e. The van der Waals surface area contributed by atoms with Gasteiger partial charge in [-0.1, -0.05) is 19.9 Å². The molecule has 1 atom stereocenters. The minimum atomic E-state index is -0.979. The molecule has 0 radical (unpaired) electrons. The van der Waals surface area contributed by atoms with E-state index in [4.69, 9.17) is 4.74 Å². The molecule has 2 heterocycles. The second-order valence-corrected chi connectivity index (χ2v) is 7.63. The first-order chi connectivity index (χ1) is 14.9. The van der Waals surface area contributed by atoms with Crippen molar-refractivity contribution < 1.29 is 23.1 Å². The lowest BCUT2D eigenvalue weighted by Crippen LogP contribution is -2.49. The molecule has 0 saturated carbocycles. The van der Waals surface area contributed by atoms with Crippen molar-refractivity contribution in [3.63, 3.8) is 0 Å². The summed E-state index contributed by atoms with van der Waals surface area (Å²) in [6, 6.07) is 5.90. The Kier molecular flexibility index (Phi) is 7.51. The average Bonchev–Trinajstić information content (AvgIpc) is 2.76. The number of rotatable bonds is 7. The van der Waals surface area contributed by atoms with E-state index >= 15 is 0 Å². The molecule has 1 fully saturated rings. The maximum absolute atomic E-state index is 13.9. The molecule has 31 heavy (non-hydrogen) atoms. The molecule has 2 N–H and O–H groups in total. The number of hydrogen-bond acceptors (Lipinski definition) is 5. The smallest absolute Gasteiger partial charge is 0.257 e. The van der Waals surface area contributed by atoms with Gasteiger partial charge in [0.1, 0.15) is 29.1 Å². The zero-order chi connectivity index (χ0) is 22.4. The molecule has 7 nitrogen and oxygen atoms in total. The number of nitrogens with zero attached hydrogens (tertiary/aromatic N) is 2. The van der Waals surface area contributed by atoms with Crippen LogP contribution >= 0.6 is 0 Å². The van der Waals surface area contributed by atoms with Crippen molar-refractivity contribution in [1.29, 1.82) is 0 Å². The van der Waals surface area contributed by atoms with Gasteiger partial charge in [0, 0.05) is 25.8 Å². The summed E-state index contributed by atoms with van der Waals surface area (Å²) in [6.45, 7) is 6.48. The second-order valence-electron chi connectivity index (χ2n) is 7.63. The fourth-order valence-electron chi connectivity index (χ4n) is 3.30. The Morgan fingerprint density at radius 2 is 1.84 bits per heavy atom. The number of hydrogen-bond donors (Lipinski definition) is 2. The van der Waals surface area contributed by atoms with Crippen molar-refractivity contribution >= 4 is 17.6 Å². The highest BCUT2D eigenvalue weighted by atomic mass is 19.1. The number of aromatic nitrogens is 1. The topological polar surface area (TPSA) is 83.6 Å². The Labute approximate surface area is 179 Å². The predicted molar refractivity (Wildman–Crippen MR) is 112 cm³/mol. The minimum absolute atomic E-state index is 0.228. The number of amides is 2. The first-order valence-electron chi connectivity index (χ1n) is 10.2. The molecule has 2 amide bonds. The molecule has 9 heteroatoms. The number of pyridine rings is 1. The van der Waals surface area contributed by atoms with Gasteiger partial charge in [0.05, 0.1) is 13.2 Å². The first-order valence-corrected chi connectivity index (χ1v) is 10.2. The number of nitrogens with one attached hydrogen (secondary N) is 2. The van der Waals surface area contributed by atoms with E-state index in [1.807, 2.05) is 6.07 Å². The van der Waals surface area contributed by atoms with E-state index in [-0.39, 0.29) is 12.5 Å². The Balaban J connectivity index is 1.64. The summed E-state index contributed by atoms with van der Waals surface area (Å²) >= 11 is 0. The van der Waals surface area contributed by atoms with Crippen LogP contribution in [-0.4, -0.2) is 49.1 Å². The molecule has 1 unspecified atom stereocenters. The lowest BCUT2D eigenvalue weighted by Gasteiger charge is -2.28. The second kappa shape index (κ2) is 10.3. The Morgan fingerprint density at radius 1 is 1.16 bits per heavy atom. The van der Waals surface area contributed by atoms with Crippen LogP contribution in [0.15, 0.2) is 36.5 Å². The summed E-state index contributed by atoms with van der Waals surface area (Å²) < 4.78 is 33.1. The van der Waals surface area contributed by atoms with Crippen LogP contribution in [0.25, 0.3) is 0 Å². The molecule has 0 aliphatic carbocycles. The van der Waals surface area contributed by atoms with Crippen LogP contribution in [0.4, 0.5) is 14.6 Å². The third-order valence-corrected chi connectivity index (χ3v) is 5.04. The summed E-state index contributed by atoms with van der Waals surface area (Å²) in [5, 5.41) is 5.23. The molecule has 1 aromatic heterocycles. The van der Waals surface area contributed by atoms with Gasteiger partial charge in [-0.2, -0.15) is 0 Å². The highest BCUT2D eigenvalue weighted by Gasteiger charge is 2.27. The van der Waals surface area contributed by atoms with E-state index in [9.17, 15) is 18.4 Å². The van der Waals surface area contributed by atoms with Gasteiger partial charge in [-0.15, -0.1) is 0 Å². The van der Waals surface area contributed by atoms with Crippen LogP contribution < -0.4 is 15.5 Å². The van der Waals surface area contributed by atoms with Crippen molar-refractivity contribution in [1.82, 2.24) is 15.6 Å². The van der Waals surface area contributed by atoms with Crippen molar-refractivity contribution in [3.8, 4) is 0 Å². The Bertz CT molecular complexity index is 912. The van der Waals surface area contributed by atoms with Gasteiger partial charge < -0.3 is 20.3 Å². The highest BCUT2D eigenvalue weighted by molar-refractivity contribution is 5.98. The van der Waals surface area contributed by atoms with Crippen LogP contribution in [0, 0.1) is 17.6 Å². The van der Waals surface area contributed by atoms with Crippen molar-refractivity contribution in [2.24, 2.45) is 5.92 Å². The zero-order valence-electron chi connectivity index (χ0n) is 17.5. The maximum atomic E-state index is 13.9. The fraction of sp³-hybridized carbons (Fsp3) is 0.409. The molecule has 0 bridgehead atoms. The molecule has 0 spiro atoms. The van der Waals surface area contributed by atoms with Crippen LogP contribution in [0.1, 0.15) is 29.8 Å². The number of anilines is 1. The molecule has 166 valence electrons. The molecule has 3 rings (SSSR count). The zero-order valence-corrected chi connectivity index (χ0v) is 17.5. The minimum Gasteiger partial charge on any atom is -0.378 e. The van der Waals surface area contributed by atoms with Gasteiger partial charge in [-0.05, 0) is 35.7 Å². The lowest BCUT2D eigenvalue weighted by atomic mass is 10.0. The number of carbonyl (C=O) groups is 2. The highest BCUT2D eigenvalue weighted by Crippen LogP contribution is 2.15. The lowest BCUT2D eigenvalue weighted by molar-refractivity contribution is -0.124. The summed E-state index contributed by atoms with van der Waals surface area (Å²) in [6.07, 6.45) is 1.68. The van der Waals surface area contributed by atoms with Crippen LogP contribution in [0.3, 0.4) is 0 Å². The molecule has 2 aromatic rings. The van der Waals surface area contributed by atoms with Crippen molar-refractivity contribution in [2.75, 3.05) is 31.2 Å². The number of morpholine rings is 1. The summed E-state index contributed by atoms with van der Waals surface area (Å²) in [5.41, 5.74) is 0.143. The SMILES string of the molecule is CC(C)C(NC(=O)c1c(F)cccc1F)C(=O)NCc1ccnc(N2CCOCC2)c1. The number of carbonyl (C=O) groups excluding carboxylic acids is 2. The van der Waals surface area contributed by atoms with E-state index in [0.29, 0.717) is 13.2 Å². The summed E-state index contributed by atoms with van der Waals surface area (Å²) in [5.74, 6) is -2.85. The molecular formula is C22H26F2N4O3. The number of benzene rings is 1. The average molecular weight is 432 g/mol. The Morgan fingerprint density at radius 3 is 2.48 bits per heavy atom. The third-order valence-electron chi connectivity index (χ3n) is 5.04. The van der Waals surface area contributed by atoms with Gasteiger partial charge >= 0.3 is 0 Å². The summed E-state index contributed by atoms with van der Waals surface area (Å²) in [7, 11) is 0. The quantitative estimate of drug-likeness (QED) is 0.701. The first kappa shape index (κ1) is 22.6. The van der Waals surface area contributed by atoms with Crippen molar-refractivity contribution in [2.45, 2.75) is 26.4 Å². The standard InChI is InChI=1S/C22H26F2N4O3/c1-14(2)20(27-21(29)19-16(23)4-3-5-17(19)24)22(30)26-13-15-6-7-25-18(12-15)28-8-10-31-11-9-28/h3-7,12,14,20H,8-11,13H2,1-2H3,(H,26,30)(H,27,29). The fourth-order valence-corrected chi connectivity index (χ4v) is 3.30. The molecule has 1 aliphatic heterocycles. The normalized spacial score (nSPS) is 14.9. The van der Waals surface area contributed by atoms with Crippen LogP contribution in [0.2, 0.25) is 0 Å². The number of ether oxygens (including phenoxy) is 1. The molecule has 1 aromatic carbocycles. The molecular weight excluding hydrogens is 406 g/mol. The van der Waals surface area contributed by atoms with E-state index in [1.54, 1.807) is 26.1 Å². The van der Waals surface area contributed by atoms with Crippen LogP contribution in [-0.2, 0) is 16.1 Å². The van der Waals surface area contributed by atoms with Gasteiger partial charge in [0.2, 0.25) is 5.91 Å².